The van der Waals surface area contributed by atoms with Gasteiger partial charge in [0, 0.05) is 12.8 Å². The molecule has 5 heteroatoms. The Labute approximate surface area is 165 Å². The lowest BCUT2D eigenvalue weighted by Crippen LogP contribution is -1.99. The molecule has 1 fully saturated rings. The lowest BCUT2D eigenvalue weighted by atomic mass is 10.0. The van der Waals surface area contributed by atoms with E-state index in [0.29, 0.717) is 25.0 Å². The number of carbonyl (C=O) groups is 2. The van der Waals surface area contributed by atoms with E-state index < -0.39 is 0 Å². The van der Waals surface area contributed by atoms with Gasteiger partial charge in [-0.3, -0.25) is 9.59 Å². The Morgan fingerprint density at radius 1 is 0.593 bits per heavy atom. The van der Waals surface area contributed by atoms with E-state index in [1.807, 2.05) is 0 Å². The second-order valence-electron chi connectivity index (χ2n) is 7.69. The van der Waals surface area contributed by atoms with E-state index in [2.05, 4.69) is 9.47 Å². The second kappa shape index (κ2) is 15.9. The van der Waals surface area contributed by atoms with Crippen LogP contribution in [0.4, 0.5) is 0 Å². The summed E-state index contributed by atoms with van der Waals surface area (Å²) in [5, 5.41) is 0. The summed E-state index contributed by atoms with van der Waals surface area (Å²) in [5.41, 5.74) is 0. The SMILES string of the molecule is COC(=O)CCCCCCCCC1OC1CCCCCCCCC(=O)OC. The molecule has 0 aromatic carbocycles. The van der Waals surface area contributed by atoms with E-state index in [4.69, 9.17) is 4.74 Å². The lowest BCUT2D eigenvalue weighted by molar-refractivity contribution is -0.141. The highest BCUT2D eigenvalue weighted by atomic mass is 16.6. The van der Waals surface area contributed by atoms with Gasteiger partial charge in [-0.2, -0.15) is 0 Å². The van der Waals surface area contributed by atoms with Crippen molar-refractivity contribution in [1.82, 2.24) is 0 Å². The Bertz CT molecular complexity index is 360. The van der Waals surface area contributed by atoms with Gasteiger partial charge in [0.05, 0.1) is 26.4 Å². The van der Waals surface area contributed by atoms with Crippen LogP contribution in [0, 0.1) is 0 Å². The third-order valence-corrected chi connectivity index (χ3v) is 5.38. The van der Waals surface area contributed by atoms with Crippen LogP contribution >= 0.6 is 0 Å². The Morgan fingerprint density at radius 3 is 1.30 bits per heavy atom. The van der Waals surface area contributed by atoms with Gasteiger partial charge in [0.15, 0.2) is 0 Å². The van der Waals surface area contributed by atoms with Crippen LogP contribution in [0.1, 0.15) is 103 Å². The first-order chi connectivity index (χ1) is 13.2. The van der Waals surface area contributed by atoms with Crippen LogP contribution < -0.4 is 0 Å². The zero-order valence-corrected chi connectivity index (χ0v) is 17.5. The molecular formula is C22H40O5. The number of hydrogen-bond donors (Lipinski definition) is 0. The first kappa shape index (κ1) is 23.9. The molecule has 0 spiro atoms. The topological polar surface area (TPSA) is 65.1 Å². The molecule has 1 heterocycles. The maximum Gasteiger partial charge on any atom is 0.305 e. The van der Waals surface area contributed by atoms with Crippen molar-refractivity contribution in [3.8, 4) is 0 Å². The van der Waals surface area contributed by atoms with E-state index in [-0.39, 0.29) is 11.9 Å². The molecule has 1 saturated heterocycles. The van der Waals surface area contributed by atoms with E-state index in [9.17, 15) is 9.59 Å². The highest BCUT2D eigenvalue weighted by Gasteiger charge is 2.36. The van der Waals surface area contributed by atoms with Crippen LogP contribution in [0.25, 0.3) is 0 Å². The molecule has 0 saturated carbocycles. The smallest absolute Gasteiger partial charge is 0.305 e. The molecule has 1 aliphatic rings. The van der Waals surface area contributed by atoms with E-state index in [1.54, 1.807) is 0 Å². The average molecular weight is 385 g/mol. The van der Waals surface area contributed by atoms with Gasteiger partial charge in [0.1, 0.15) is 0 Å². The number of carbonyl (C=O) groups excluding carboxylic acids is 2. The number of hydrogen-bond acceptors (Lipinski definition) is 5. The Morgan fingerprint density at radius 2 is 0.926 bits per heavy atom. The Hall–Kier alpha value is -1.10. The van der Waals surface area contributed by atoms with Crippen LogP contribution in [0.15, 0.2) is 0 Å². The predicted octanol–water partition coefficient (Wildman–Crippen LogP) is 5.34. The summed E-state index contributed by atoms with van der Waals surface area (Å²) in [6.45, 7) is 0. The first-order valence-corrected chi connectivity index (χ1v) is 11.0. The number of ether oxygens (including phenoxy) is 3. The fourth-order valence-electron chi connectivity index (χ4n) is 3.54. The molecule has 2 atom stereocenters. The number of unbranched alkanes of at least 4 members (excludes halogenated alkanes) is 10. The minimum atomic E-state index is -0.0921. The van der Waals surface area contributed by atoms with Crippen molar-refractivity contribution in [2.24, 2.45) is 0 Å². The molecule has 2 unspecified atom stereocenters. The van der Waals surface area contributed by atoms with Gasteiger partial charge in [-0.25, -0.2) is 0 Å². The Kier molecular flexibility index (Phi) is 14.1. The van der Waals surface area contributed by atoms with Gasteiger partial charge in [-0.05, 0) is 25.7 Å². The highest BCUT2D eigenvalue weighted by Crippen LogP contribution is 2.31. The van der Waals surface area contributed by atoms with Gasteiger partial charge in [0.2, 0.25) is 0 Å². The van der Waals surface area contributed by atoms with Gasteiger partial charge in [-0.1, -0.05) is 64.2 Å². The molecule has 0 amide bonds. The van der Waals surface area contributed by atoms with Crippen molar-refractivity contribution in [3.63, 3.8) is 0 Å². The van der Waals surface area contributed by atoms with Crippen LogP contribution in [-0.4, -0.2) is 38.4 Å². The highest BCUT2D eigenvalue weighted by molar-refractivity contribution is 5.69. The van der Waals surface area contributed by atoms with E-state index in [1.165, 1.54) is 78.4 Å². The summed E-state index contributed by atoms with van der Waals surface area (Å²) >= 11 is 0. The minimum absolute atomic E-state index is 0.0921. The number of esters is 2. The Balaban J connectivity index is 1.76. The van der Waals surface area contributed by atoms with Crippen molar-refractivity contribution in [1.29, 1.82) is 0 Å². The van der Waals surface area contributed by atoms with Gasteiger partial charge in [0.25, 0.3) is 0 Å². The summed E-state index contributed by atoms with van der Waals surface area (Å²) in [7, 11) is 2.90. The fraction of sp³-hybridized carbons (Fsp3) is 0.909. The molecule has 0 aliphatic carbocycles. The standard InChI is InChI=1S/C22H40O5/c1-25-21(23)17-13-9-5-3-7-11-15-19-20(27-19)16-12-8-4-6-10-14-18-22(24)26-2/h19-20H,3-18H2,1-2H3. The lowest BCUT2D eigenvalue weighted by Gasteiger charge is -2.02. The first-order valence-electron chi connectivity index (χ1n) is 11.0. The minimum Gasteiger partial charge on any atom is -0.469 e. The zero-order valence-electron chi connectivity index (χ0n) is 17.5. The summed E-state index contributed by atoms with van der Waals surface area (Å²) in [5.74, 6) is -0.184. The monoisotopic (exact) mass is 384 g/mol. The molecule has 5 nitrogen and oxygen atoms in total. The number of rotatable bonds is 18. The third kappa shape index (κ3) is 13.7. The normalized spacial score (nSPS) is 18.3. The predicted molar refractivity (Wildman–Crippen MR) is 107 cm³/mol. The molecule has 0 aromatic rings. The van der Waals surface area contributed by atoms with Crippen LogP contribution in [0.5, 0.6) is 0 Å². The van der Waals surface area contributed by atoms with Gasteiger partial charge >= 0.3 is 11.9 Å². The molecule has 1 aliphatic heterocycles. The van der Waals surface area contributed by atoms with Crippen LogP contribution in [-0.2, 0) is 23.8 Å². The van der Waals surface area contributed by atoms with E-state index in [0.717, 1.165) is 25.7 Å². The van der Waals surface area contributed by atoms with Crippen LogP contribution in [0.2, 0.25) is 0 Å². The summed E-state index contributed by atoms with van der Waals surface area (Å²) in [6, 6.07) is 0. The average Bonchev–Trinajstić information content (AvgIpc) is 3.43. The molecule has 158 valence electrons. The van der Waals surface area contributed by atoms with Gasteiger partial charge < -0.3 is 14.2 Å². The maximum absolute atomic E-state index is 11.0. The number of epoxide rings is 1. The molecule has 0 N–H and O–H groups in total. The van der Waals surface area contributed by atoms with Gasteiger partial charge in [-0.15, -0.1) is 0 Å². The van der Waals surface area contributed by atoms with Crippen molar-refractivity contribution in [2.45, 2.75) is 115 Å². The number of methoxy groups -OCH3 is 2. The quantitative estimate of drug-likeness (QED) is 0.181. The molecule has 27 heavy (non-hydrogen) atoms. The van der Waals surface area contributed by atoms with Crippen molar-refractivity contribution >= 4 is 11.9 Å². The molecule has 1 rings (SSSR count). The fourth-order valence-corrected chi connectivity index (χ4v) is 3.54. The summed E-state index contributed by atoms with van der Waals surface area (Å²) < 4.78 is 15.1. The summed E-state index contributed by atoms with van der Waals surface area (Å²) in [6.07, 6.45) is 18.7. The van der Waals surface area contributed by atoms with Crippen molar-refractivity contribution in [3.05, 3.63) is 0 Å². The summed E-state index contributed by atoms with van der Waals surface area (Å²) in [4.78, 5) is 22.0. The van der Waals surface area contributed by atoms with Crippen LogP contribution in [0.3, 0.4) is 0 Å². The molecular weight excluding hydrogens is 344 g/mol. The third-order valence-electron chi connectivity index (χ3n) is 5.38. The van der Waals surface area contributed by atoms with E-state index >= 15 is 0 Å². The largest absolute Gasteiger partial charge is 0.469 e. The maximum atomic E-state index is 11.0. The molecule has 0 bridgehead atoms. The second-order valence-corrected chi connectivity index (χ2v) is 7.69. The molecule has 0 radical (unpaired) electrons. The van der Waals surface area contributed by atoms with Crippen molar-refractivity contribution < 1.29 is 23.8 Å². The van der Waals surface area contributed by atoms with Crippen molar-refractivity contribution in [2.75, 3.05) is 14.2 Å². The zero-order chi connectivity index (χ0) is 19.7. The molecule has 0 aromatic heterocycles.